The van der Waals surface area contributed by atoms with Crippen molar-refractivity contribution in [3.8, 4) is 22.6 Å². The number of halogens is 3. The first kappa shape index (κ1) is 26.0. The zero-order valence-corrected chi connectivity index (χ0v) is 20.4. The van der Waals surface area contributed by atoms with E-state index >= 15 is 0 Å². The van der Waals surface area contributed by atoms with Crippen LogP contribution in [0.4, 0.5) is 13.2 Å². The lowest BCUT2D eigenvalue weighted by Crippen LogP contribution is -2.41. The van der Waals surface area contributed by atoms with Crippen LogP contribution in [0.25, 0.3) is 11.1 Å². The molecule has 178 valence electrons. The predicted molar refractivity (Wildman–Crippen MR) is 124 cm³/mol. The third-order valence-corrected chi connectivity index (χ3v) is 5.18. The highest BCUT2D eigenvalue weighted by atomic mass is 19.4. The van der Waals surface area contributed by atoms with Gasteiger partial charge in [0.05, 0.1) is 0 Å². The van der Waals surface area contributed by atoms with Crippen LogP contribution in [0.3, 0.4) is 0 Å². The standard InChI is InChI=1S/C26H36F3NO2/c1-23(2,3)16-25(7,8)30-15-18-13-19(24(4,5)6)14-21(22(18)31)17-9-11-20(12-10-17)32-26(27,28)29/h9-14,30-31H,15-16H2,1-8H3. The van der Waals surface area contributed by atoms with Crippen molar-refractivity contribution in [3.05, 3.63) is 47.5 Å². The van der Waals surface area contributed by atoms with E-state index in [1.165, 1.54) is 24.3 Å². The number of alkyl halides is 3. The number of phenols is 1. The summed E-state index contributed by atoms with van der Waals surface area (Å²) in [7, 11) is 0. The minimum atomic E-state index is -4.74. The molecule has 0 fully saturated rings. The average molecular weight is 452 g/mol. The maximum Gasteiger partial charge on any atom is 0.573 e. The van der Waals surface area contributed by atoms with Gasteiger partial charge in [-0.25, -0.2) is 0 Å². The van der Waals surface area contributed by atoms with Crippen molar-refractivity contribution in [2.75, 3.05) is 0 Å². The quantitative estimate of drug-likeness (QED) is 0.476. The van der Waals surface area contributed by atoms with Crippen LogP contribution in [0.15, 0.2) is 36.4 Å². The van der Waals surface area contributed by atoms with Crippen LogP contribution in [-0.2, 0) is 12.0 Å². The highest BCUT2D eigenvalue weighted by Gasteiger charge is 2.31. The summed E-state index contributed by atoms with van der Waals surface area (Å²) < 4.78 is 41.4. The summed E-state index contributed by atoms with van der Waals surface area (Å²) in [6.07, 6.45) is -3.79. The van der Waals surface area contributed by atoms with Gasteiger partial charge in [-0.05, 0) is 60.4 Å². The third-order valence-electron chi connectivity index (χ3n) is 5.18. The summed E-state index contributed by atoms with van der Waals surface area (Å²) in [5.74, 6) is -0.167. The average Bonchev–Trinajstić information content (AvgIpc) is 2.57. The Morgan fingerprint density at radius 1 is 0.875 bits per heavy atom. The molecule has 0 aromatic heterocycles. The van der Waals surface area contributed by atoms with Gasteiger partial charge in [0.15, 0.2) is 0 Å². The smallest absolute Gasteiger partial charge is 0.507 e. The SMILES string of the molecule is CC(C)(C)CC(C)(C)NCc1cc(C(C)(C)C)cc(-c2ccc(OC(F)(F)F)cc2)c1O. The van der Waals surface area contributed by atoms with Gasteiger partial charge in [0.25, 0.3) is 0 Å². The molecule has 0 amide bonds. The molecule has 2 rings (SSSR count). The van der Waals surface area contributed by atoms with Crippen molar-refractivity contribution in [2.24, 2.45) is 5.41 Å². The molecule has 3 nitrogen and oxygen atoms in total. The Balaban J connectivity index is 2.42. The lowest BCUT2D eigenvalue weighted by atomic mass is 9.81. The normalized spacial score (nSPS) is 13.3. The van der Waals surface area contributed by atoms with Gasteiger partial charge in [0.1, 0.15) is 11.5 Å². The number of aromatic hydroxyl groups is 1. The van der Waals surface area contributed by atoms with Crippen LogP contribution in [0.1, 0.15) is 72.9 Å². The van der Waals surface area contributed by atoms with E-state index in [9.17, 15) is 18.3 Å². The summed E-state index contributed by atoms with van der Waals surface area (Å²) in [6.45, 7) is 17.6. The topological polar surface area (TPSA) is 41.5 Å². The zero-order valence-electron chi connectivity index (χ0n) is 20.4. The van der Waals surface area contributed by atoms with E-state index in [0.29, 0.717) is 17.7 Å². The Kier molecular flexibility index (Phi) is 7.30. The van der Waals surface area contributed by atoms with Gasteiger partial charge >= 0.3 is 6.36 Å². The fourth-order valence-electron chi connectivity index (χ4n) is 4.04. The van der Waals surface area contributed by atoms with Gasteiger partial charge in [-0.1, -0.05) is 59.7 Å². The number of phenolic OH excluding ortho intramolecular Hbond substituents is 1. The molecule has 2 N–H and O–H groups in total. The van der Waals surface area contributed by atoms with E-state index in [4.69, 9.17) is 0 Å². The van der Waals surface area contributed by atoms with Gasteiger partial charge in [-0.15, -0.1) is 13.2 Å². The van der Waals surface area contributed by atoms with Crippen molar-refractivity contribution < 1.29 is 23.0 Å². The molecular weight excluding hydrogens is 415 g/mol. The predicted octanol–water partition coefficient (Wildman–Crippen LogP) is 7.56. The Morgan fingerprint density at radius 3 is 1.91 bits per heavy atom. The molecule has 0 bridgehead atoms. The van der Waals surface area contributed by atoms with Gasteiger partial charge < -0.3 is 15.2 Å². The fraction of sp³-hybridized carbons (Fsp3) is 0.538. The first-order valence-corrected chi connectivity index (χ1v) is 10.8. The van der Waals surface area contributed by atoms with Crippen LogP contribution in [0, 0.1) is 5.41 Å². The third kappa shape index (κ3) is 7.73. The van der Waals surface area contributed by atoms with E-state index in [2.05, 4.69) is 65.4 Å². The second-order valence-corrected chi connectivity index (χ2v) is 11.3. The Bertz CT molecular complexity index is 918. The molecule has 0 heterocycles. The van der Waals surface area contributed by atoms with E-state index in [-0.39, 0.29) is 27.9 Å². The van der Waals surface area contributed by atoms with Crippen LogP contribution in [0.5, 0.6) is 11.5 Å². The number of benzene rings is 2. The van der Waals surface area contributed by atoms with E-state index in [1.54, 1.807) is 0 Å². The molecule has 0 aliphatic rings. The molecule has 0 aliphatic heterocycles. The Labute approximate surface area is 190 Å². The molecule has 0 saturated heterocycles. The molecule has 0 spiro atoms. The maximum absolute atomic E-state index is 12.5. The number of ether oxygens (including phenoxy) is 1. The zero-order chi connectivity index (χ0) is 24.5. The number of nitrogens with one attached hydrogen (secondary N) is 1. The van der Waals surface area contributed by atoms with Crippen LogP contribution in [0.2, 0.25) is 0 Å². The van der Waals surface area contributed by atoms with Crippen molar-refractivity contribution >= 4 is 0 Å². The number of hydrogen-bond acceptors (Lipinski definition) is 3. The van der Waals surface area contributed by atoms with Crippen molar-refractivity contribution in [3.63, 3.8) is 0 Å². The molecule has 32 heavy (non-hydrogen) atoms. The molecule has 0 saturated carbocycles. The van der Waals surface area contributed by atoms with Gasteiger partial charge in [-0.2, -0.15) is 0 Å². The Morgan fingerprint density at radius 2 is 1.44 bits per heavy atom. The van der Waals surface area contributed by atoms with E-state index < -0.39 is 6.36 Å². The molecule has 0 atom stereocenters. The van der Waals surface area contributed by atoms with E-state index in [1.807, 2.05) is 12.1 Å². The summed E-state index contributed by atoms with van der Waals surface area (Å²) in [4.78, 5) is 0. The maximum atomic E-state index is 12.5. The highest BCUT2D eigenvalue weighted by Crippen LogP contribution is 2.38. The molecule has 2 aromatic carbocycles. The van der Waals surface area contributed by atoms with Crippen molar-refractivity contribution in [1.29, 1.82) is 0 Å². The minimum Gasteiger partial charge on any atom is -0.507 e. The number of hydrogen-bond donors (Lipinski definition) is 2. The fourth-order valence-corrected chi connectivity index (χ4v) is 4.04. The minimum absolute atomic E-state index is 0.126. The molecule has 0 radical (unpaired) electrons. The van der Waals surface area contributed by atoms with Gasteiger partial charge in [-0.3, -0.25) is 0 Å². The van der Waals surface area contributed by atoms with Gasteiger partial charge in [0, 0.05) is 23.2 Å². The summed E-state index contributed by atoms with van der Waals surface area (Å²) in [6, 6.07) is 9.48. The lowest BCUT2D eigenvalue weighted by Gasteiger charge is -2.34. The second-order valence-electron chi connectivity index (χ2n) is 11.3. The largest absolute Gasteiger partial charge is 0.573 e. The second kappa shape index (κ2) is 8.97. The van der Waals surface area contributed by atoms with Crippen LogP contribution < -0.4 is 10.1 Å². The van der Waals surface area contributed by atoms with Crippen LogP contribution in [-0.4, -0.2) is 17.0 Å². The van der Waals surface area contributed by atoms with Gasteiger partial charge in [0.2, 0.25) is 0 Å². The van der Waals surface area contributed by atoms with Crippen molar-refractivity contribution in [1.82, 2.24) is 5.32 Å². The first-order chi connectivity index (χ1) is 14.4. The summed E-state index contributed by atoms with van der Waals surface area (Å²) in [5.41, 5.74) is 2.84. The van der Waals surface area contributed by atoms with Crippen molar-refractivity contribution in [2.45, 2.75) is 85.7 Å². The monoisotopic (exact) mass is 451 g/mol. The van der Waals surface area contributed by atoms with Crippen LogP contribution >= 0.6 is 0 Å². The summed E-state index contributed by atoms with van der Waals surface area (Å²) >= 11 is 0. The first-order valence-electron chi connectivity index (χ1n) is 10.8. The number of rotatable bonds is 6. The molecule has 2 aromatic rings. The highest BCUT2D eigenvalue weighted by molar-refractivity contribution is 5.73. The summed E-state index contributed by atoms with van der Waals surface area (Å²) in [5, 5.41) is 14.6. The molecular formula is C26H36F3NO2. The Hall–Kier alpha value is -2.21. The lowest BCUT2D eigenvalue weighted by molar-refractivity contribution is -0.274. The molecule has 0 aliphatic carbocycles. The molecule has 6 heteroatoms. The van der Waals surface area contributed by atoms with E-state index in [0.717, 1.165) is 17.5 Å². The molecule has 0 unspecified atom stereocenters.